The first-order valence-electron chi connectivity index (χ1n) is 9.04. The van der Waals surface area contributed by atoms with E-state index in [1.807, 2.05) is 18.2 Å². The van der Waals surface area contributed by atoms with E-state index in [-0.39, 0.29) is 18.5 Å². The van der Waals surface area contributed by atoms with Gasteiger partial charge < -0.3 is 9.80 Å². The molecule has 7 nitrogen and oxygen atoms in total. The van der Waals surface area contributed by atoms with Gasteiger partial charge >= 0.3 is 11.8 Å². The number of nitrogens with zero attached hydrogens (tertiary/aromatic N) is 5. The minimum atomic E-state index is -0.444. The van der Waals surface area contributed by atoms with Crippen molar-refractivity contribution in [2.75, 3.05) is 13.1 Å². The molecule has 0 N–H and O–H groups in total. The van der Waals surface area contributed by atoms with Gasteiger partial charge in [0.05, 0.1) is 12.2 Å². The molecule has 0 bridgehead atoms. The Hall–Kier alpha value is -2.83. The van der Waals surface area contributed by atoms with Gasteiger partial charge in [-0.3, -0.25) is 14.6 Å². The van der Waals surface area contributed by atoms with Gasteiger partial charge in [-0.15, -0.1) is 0 Å². The third kappa shape index (κ3) is 3.29. The average Bonchev–Trinajstić information content (AvgIpc) is 3.21. The summed E-state index contributed by atoms with van der Waals surface area (Å²) in [5.74, 6) is -0.297. The molecule has 0 spiro atoms. The van der Waals surface area contributed by atoms with Gasteiger partial charge in [-0.05, 0) is 25.0 Å². The molecule has 2 aromatic heterocycles. The Kier molecular flexibility index (Phi) is 4.60. The summed E-state index contributed by atoms with van der Waals surface area (Å²) in [6.45, 7) is 1.39. The summed E-state index contributed by atoms with van der Waals surface area (Å²) in [6, 6.07) is 5.89. The molecular weight excluding hydrogens is 330 g/mol. The van der Waals surface area contributed by atoms with Crippen molar-refractivity contribution in [3.63, 3.8) is 0 Å². The zero-order valence-electron chi connectivity index (χ0n) is 14.5. The highest BCUT2D eigenvalue weighted by molar-refractivity contribution is 6.35. The number of hydrogen-bond acceptors (Lipinski definition) is 5. The molecule has 2 fully saturated rings. The molecule has 1 saturated carbocycles. The first-order chi connectivity index (χ1) is 12.7. The van der Waals surface area contributed by atoms with Crippen LogP contribution < -0.4 is 0 Å². The Bertz CT molecular complexity index is 787. The summed E-state index contributed by atoms with van der Waals surface area (Å²) in [4.78, 5) is 41.1. The first kappa shape index (κ1) is 16.6. The maximum Gasteiger partial charge on any atom is 0.312 e. The highest BCUT2D eigenvalue weighted by Gasteiger charge is 2.37. The van der Waals surface area contributed by atoms with Gasteiger partial charge in [-0.25, -0.2) is 9.97 Å². The number of carbonyl (C=O) groups is 2. The van der Waals surface area contributed by atoms with Crippen LogP contribution in [0.3, 0.4) is 0 Å². The van der Waals surface area contributed by atoms with E-state index in [1.54, 1.807) is 28.4 Å². The minimum absolute atomic E-state index is 0.238. The molecule has 2 amide bonds. The fourth-order valence-electron chi connectivity index (χ4n) is 3.68. The minimum Gasteiger partial charge on any atom is -0.330 e. The Balaban J connectivity index is 1.41. The van der Waals surface area contributed by atoms with E-state index in [0.717, 1.165) is 36.9 Å². The summed E-state index contributed by atoms with van der Waals surface area (Å²) in [5, 5.41) is 0. The summed E-state index contributed by atoms with van der Waals surface area (Å²) in [7, 11) is 0. The molecule has 134 valence electrons. The highest BCUT2D eigenvalue weighted by atomic mass is 16.2. The van der Waals surface area contributed by atoms with Crippen LogP contribution in [0.4, 0.5) is 0 Å². The van der Waals surface area contributed by atoms with Crippen LogP contribution in [0.25, 0.3) is 11.3 Å². The smallest absolute Gasteiger partial charge is 0.312 e. The number of rotatable bonds is 4. The molecule has 1 saturated heterocycles. The van der Waals surface area contributed by atoms with Crippen molar-refractivity contribution in [1.29, 1.82) is 0 Å². The molecule has 0 radical (unpaired) electrons. The maximum atomic E-state index is 12.5. The van der Waals surface area contributed by atoms with Gasteiger partial charge in [0.25, 0.3) is 0 Å². The van der Waals surface area contributed by atoms with E-state index in [2.05, 4.69) is 15.0 Å². The van der Waals surface area contributed by atoms with E-state index in [9.17, 15) is 9.59 Å². The molecule has 0 unspecified atom stereocenters. The highest BCUT2D eigenvalue weighted by Crippen LogP contribution is 2.25. The lowest BCUT2D eigenvalue weighted by Crippen LogP contribution is -2.56. The third-order valence-corrected chi connectivity index (χ3v) is 5.11. The van der Waals surface area contributed by atoms with Gasteiger partial charge in [0.15, 0.2) is 0 Å². The fraction of sp³-hybridized carbons (Fsp3) is 0.421. The van der Waals surface area contributed by atoms with Crippen molar-refractivity contribution >= 4 is 11.8 Å². The number of amides is 2. The summed E-state index contributed by atoms with van der Waals surface area (Å²) >= 11 is 0. The van der Waals surface area contributed by atoms with E-state index in [1.165, 1.54) is 0 Å². The number of hydrogen-bond donors (Lipinski definition) is 0. The van der Waals surface area contributed by atoms with Crippen molar-refractivity contribution in [1.82, 2.24) is 24.8 Å². The number of carbonyl (C=O) groups excluding carboxylic acids is 2. The predicted molar refractivity (Wildman–Crippen MR) is 94.6 cm³/mol. The second kappa shape index (κ2) is 7.19. The number of aromatic nitrogens is 3. The number of pyridine rings is 1. The average molecular weight is 351 g/mol. The molecule has 2 aliphatic rings. The topological polar surface area (TPSA) is 79.3 Å². The second-order valence-electron chi connectivity index (χ2n) is 6.77. The Morgan fingerprint density at radius 1 is 0.962 bits per heavy atom. The number of piperazine rings is 1. The lowest BCUT2D eigenvalue weighted by molar-refractivity contribution is -0.158. The molecule has 1 aliphatic heterocycles. The van der Waals surface area contributed by atoms with Crippen LogP contribution in [0.1, 0.15) is 31.5 Å². The van der Waals surface area contributed by atoms with Crippen LogP contribution in [0.15, 0.2) is 36.8 Å². The van der Waals surface area contributed by atoms with Crippen LogP contribution in [-0.4, -0.2) is 55.7 Å². The van der Waals surface area contributed by atoms with Gasteiger partial charge in [-0.1, -0.05) is 18.9 Å². The van der Waals surface area contributed by atoms with Crippen LogP contribution in [-0.2, 0) is 16.1 Å². The molecule has 4 rings (SSSR count). The fourth-order valence-corrected chi connectivity index (χ4v) is 3.68. The van der Waals surface area contributed by atoms with Gasteiger partial charge in [-0.2, -0.15) is 0 Å². The van der Waals surface area contributed by atoms with E-state index in [4.69, 9.17) is 0 Å². The maximum absolute atomic E-state index is 12.5. The molecule has 0 aromatic carbocycles. The molecular formula is C19H21N5O2. The Labute approximate surface area is 152 Å². The van der Waals surface area contributed by atoms with Gasteiger partial charge in [0.2, 0.25) is 0 Å². The van der Waals surface area contributed by atoms with E-state index >= 15 is 0 Å². The molecule has 7 heteroatoms. The van der Waals surface area contributed by atoms with Crippen molar-refractivity contribution in [2.24, 2.45) is 0 Å². The van der Waals surface area contributed by atoms with Crippen molar-refractivity contribution in [3.05, 3.63) is 42.6 Å². The molecule has 1 aliphatic carbocycles. The van der Waals surface area contributed by atoms with E-state index in [0.29, 0.717) is 18.9 Å². The lowest BCUT2D eigenvalue weighted by Gasteiger charge is -2.36. The van der Waals surface area contributed by atoms with Crippen LogP contribution in [0.2, 0.25) is 0 Å². The van der Waals surface area contributed by atoms with Crippen LogP contribution in [0, 0.1) is 0 Å². The quantitative estimate of drug-likeness (QED) is 0.783. The standard InChI is InChI=1S/C19H21N5O2/c25-18-19(26)24(15-5-1-2-6-15)10-9-23(18)13-17-21-11-14(12-22-17)16-7-3-4-8-20-16/h3-4,7-8,11-12,15H,1-2,5-6,9-10,13H2. The van der Waals surface area contributed by atoms with Crippen LogP contribution in [0.5, 0.6) is 0 Å². The summed E-state index contributed by atoms with van der Waals surface area (Å²) < 4.78 is 0. The molecule has 2 aromatic rings. The van der Waals surface area contributed by atoms with Gasteiger partial charge in [0.1, 0.15) is 5.82 Å². The second-order valence-corrected chi connectivity index (χ2v) is 6.77. The Morgan fingerprint density at radius 2 is 1.73 bits per heavy atom. The third-order valence-electron chi connectivity index (χ3n) is 5.11. The van der Waals surface area contributed by atoms with Crippen molar-refractivity contribution in [2.45, 2.75) is 38.3 Å². The van der Waals surface area contributed by atoms with Gasteiger partial charge in [0, 0.05) is 43.3 Å². The largest absolute Gasteiger partial charge is 0.330 e. The zero-order chi connectivity index (χ0) is 17.9. The monoisotopic (exact) mass is 351 g/mol. The van der Waals surface area contributed by atoms with E-state index < -0.39 is 5.91 Å². The Morgan fingerprint density at radius 3 is 2.42 bits per heavy atom. The van der Waals surface area contributed by atoms with Crippen molar-refractivity contribution in [3.8, 4) is 11.3 Å². The normalized spacial score (nSPS) is 18.6. The predicted octanol–water partition coefficient (Wildman–Crippen LogP) is 1.65. The van der Waals surface area contributed by atoms with Crippen LogP contribution >= 0.6 is 0 Å². The molecule has 3 heterocycles. The first-order valence-corrected chi connectivity index (χ1v) is 9.04. The summed E-state index contributed by atoms with van der Waals surface area (Å²) in [6.07, 6.45) is 9.43. The van der Waals surface area contributed by atoms with Crippen molar-refractivity contribution < 1.29 is 9.59 Å². The zero-order valence-corrected chi connectivity index (χ0v) is 14.5. The SMILES string of the molecule is O=C1C(=O)N(C2CCCC2)CCN1Cc1ncc(-c2ccccn2)cn1. The molecule has 0 atom stereocenters. The lowest BCUT2D eigenvalue weighted by atomic mass is 10.1. The molecule has 26 heavy (non-hydrogen) atoms. The summed E-state index contributed by atoms with van der Waals surface area (Å²) in [5.41, 5.74) is 1.62.